The van der Waals surface area contributed by atoms with E-state index in [4.69, 9.17) is 9.72 Å². The molecule has 0 bridgehead atoms. The summed E-state index contributed by atoms with van der Waals surface area (Å²) in [4.78, 5) is 12.5. The molecule has 30 heavy (non-hydrogen) atoms. The van der Waals surface area contributed by atoms with E-state index in [2.05, 4.69) is 22.0 Å². The van der Waals surface area contributed by atoms with Gasteiger partial charge in [0, 0.05) is 36.8 Å². The Morgan fingerprint density at radius 3 is 2.70 bits per heavy atom. The van der Waals surface area contributed by atoms with Crippen molar-refractivity contribution in [3.05, 3.63) is 76.0 Å². The Morgan fingerprint density at radius 2 is 1.90 bits per heavy atom. The zero-order valence-electron chi connectivity index (χ0n) is 17.5. The molecule has 1 saturated heterocycles. The van der Waals surface area contributed by atoms with Crippen molar-refractivity contribution in [2.45, 2.75) is 44.8 Å². The summed E-state index contributed by atoms with van der Waals surface area (Å²) in [6.45, 7) is 5.41. The van der Waals surface area contributed by atoms with Gasteiger partial charge in [0.25, 0.3) is 0 Å². The fourth-order valence-corrected chi connectivity index (χ4v) is 5.12. The summed E-state index contributed by atoms with van der Waals surface area (Å²) < 4.78 is 5.84. The number of pyridine rings is 1. The Hall–Kier alpha value is -2.28. The maximum Gasteiger partial charge on any atom is 0.125 e. The lowest BCUT2D eigenvalue weighted by Crippen LogP contribution is -2.29. The second kappa shape index (κ2) is 9.69. The highest BCUT2D eigenvalue weighted by Gasteiger charge is 2.35. The molecule has 1 aromatic carbocycles. The molecule has 0 radical (unpaired) electrons. The zero-order valence-corrected chi connectivity index (χ0v) is 18.3. The third-order valence-corrected chi connectivity index (χ3v) is 7.10. The van der Waals surface area contributed by atoms with Crippen molar-refractivity contribution in [2.24, 2.45) is 0 Å². The molecule has 1 atom stereocenters. The molecule has 4 rings (SSSR count). The van der Waals surface area contributed by atoms with Gasteiger partial charge in [0.15, 0.2) is 0 Å². The maximum atomic E-state index is 11.4. The van der Waals surface area contributed by atoms with Crippen LogP contribution in [0.5, 0.6) is 5.75 Å². The van der Waals surface area contributed by atoms with Crippen molar-refractivity contribution in [3.63, 3.8) is 0 Å². The van der Waals surface area contributed by atoms with Crippen LogP contribution in [0, 0.1) is 6.92 Å². The van der Waals surface area contributed by atoms with E-state index in [1.54, 1.807) is 11.3 Å². The largest absolute Gasteiger partial charge is 0.493 e. The molecule has 1 aliphatic rings. The monoisotopic (exact) mass is 423 g/mol. The van der Waals surface area contributed by atoms with E-state index >= 15 is 0 Å². The SMILES string of the molecule is Cc1nc([C@@]2(O)CCCN(Cc3ccncc3)CC2)sc1CCOc1ccccc1. The maximum absolute atomic E-state index is 11.4. The van der Waals surface area contributed by atoms with Crippen LogP contribution in [0.3, 0.4) is 0 Å². The zero-order chi connectivity index (χ0) is 20.8. The third kappa shape index (κ3) is 5.25. The first-order chi connectivity index (χ1) is 14.6. The summed E-state index contributed by atoms with van der Waals surface area (Å²) in [6, 6.07) is 14.0. The summed E-state index contributed by atoms with van der Waals surface area (Å²) in [6.07, 6.45) is 6.92. The lowest BCUT2D eigenvalue weighted by molar-refractivity contribution is 0.0207. The molecule has 3 aromatic rings. The highest BCUT2D eigenvalue weighted by atomic mass is 32.1. The Balaban J connectivity index is 1.36. The Labute approximate surface area is 182 Å². The molecule has 158 valence electrons. The second-order valence-electron chi connectivity index (χ2n) is 7.96. The van der Waals surface area contributed by atoms with E-state index in [1.807, 2.05) is 49.6 Å². The molecule has 6 heteroatoms. The predicted molar refractivity (Wildman–Crippen MR) is 120 cm³/mol. The second-order valence-corrected chi connectivity index (χ2v) is 9.04. The van der Waals surface area contributed by atoms with Crippen molar-refractivity contribution >= 4 is 11.3 Å². The van der Waals surface area contributed by atoms with Crippen LogP contribution in [0.4, 0.5) is 0 Å². The number of aromatic nitrogens is 2. The van der Waals surface area contributed by atoms with Crippen LogP contribution in [-0.2, 0) is 18.6 Å². The van der Waals surface area contributed by atoms with Gasteiger partial charge in [0.05, 0.1) is 12.3 Å². The molecular weight excluding hydrogens is 394 g/mol. The average molecular weight is 424 g/mol. The highest BCUT2D eigenvalue weighted by Crippen LogP contribution is 2.37. The minimum Gasteiger partial charge on any atom is -0.493 e. The summed E-state index contributed by atoms with van der Waals surface area (Å²) in [5, 5.41) is 12.3. The van der Waals surface area contributed by atoms with Gasteiger partial charge in [-0.1, -0.05) is 18.2 Å². The Kier molecular flexibility index (Phi) is 6.77. The standard InChI is InChI=1S/C24H29N3O2S/c1-19-22(10-17-29-21-6-3-2-4-7-21)30-23(26-19)24(28)11-5-15-27(16-12-24)18-20-8-13-25-14-9-20/h2-4,6-9,13-14,28H,5,10-12,15-18H2,1H3/t24-/m1/s1. The normalized spacial score (nSPS) is 20.1. The molecule has 5 nitrogen and oxygen atoms in total. The van der Waals surface area contributed by atoms with Crippen molar-refractivity contribution in [3.8, 4) is 5.75 Å². The molecule has 0 aliphatic carbocycles. The number of ether oxygens (including phenoxy) is 1. The van der Waals surface area contributed by atoms with Gasteiger partial charge in [0.2, 0.25) is 0 Å². The molecule has 0 amide bonds. The predicted octanol–water partition coefficient (Wildman–Crippen LogP) is 4.34. The summed E-state index contributed by atoms with van der Waals surface area (Å²) in [5.41, 5.74) is 1.44. The molecule has 1 N–H and O–H groups in total. The van der Waals surface area contributed by atoms with Gasteiger partial charge in [-0.3, -0.25) is 9.88 Å². The van der Waals surface area contributed by atoms with E-state index in [9.17, 15) is 5.11 Å². The van der Waals surface area contributed by atoms with Crippen molar-refractivity contribution in [2.75, 3.05) is 19.7 Å². The van der Waals surface area contributed by atoms with Gasteiger partial charge >= 0.3 is 0 Å². The number of aryl methyl sites for hydroxylation is 1. The van der Waals surface area contributed by atoms with Crippen LogP contribution >= 0.6 is 11.3 Å². The summed E-state index contributed by atoms with van der Waals surface area (Å²) >= 11 is 1.65. The smallest absolute Gasteiger partial charge is 0.125 e. The highest BCUT2D eigenvalue weighted by molar-refractivity contribution is 7.11. The molecular formula is C24H29N3O2S. The minimum atomic E-state index is -0.832. The minimum absolute atomic E-state index is 0.616. The molecule has 1 aliphatic heterocycles. The summed E-state index contributed by atoms with van der Waals surface area (Å²) in [5.74, 6) is 0.886. The van der Waals surface area contributed by atoms with Crippen LogP contribution in [-0.4, -0.2) is 39.7 Å². The van der Waals surface area contributed by atoms with Crippen molar-refractivity contribution < 1.29 is 9.84 Å². The fraction of sp³-hybridized carbons (Fsp3) is 0.417. The van der Waals surface area contributed by atoms with Gasteiger partial charge in [-0.15, -0.1) is 11.3 Å². The summed E-state index contributed by atoms with van der Waals surface area (Å²) in [7, 11) is 0. The number of aliphatic hydroxyl groups is 1. The van der Waals surface area contributed by atoms with Gasteiger partial charge in [0.1, 0.15) is 16.4 Å². The molecule has 0 spiro atoms. The van der Waals surface area contributed by atoms with Gasteiger partial charge in [-0.25, -0.2) is 4.98 Å². The Morgan fingerprint density at radius 1 is 1.10 bits per heavy atom. The van der Waals surface area contributed by atoms with Crippen LogP contribution in [0.25, 0.3) is 0 Å². The van der Waals surface area contributed by atoms with Crippen LogP contribution < -0.4 is 4.74 Å². The van der Waals surface area contributed by atoms with Crippen molar-refractivity contribution in [1.82, 2.24) is 14.9 Å². The quantitative estimate of drug-likeness (QED) is 0.613. The molecule has 1 fully saturated rings. The third-order valence-electron chi connectivity index (χ3n) is 5.69. The van der Waals surface area contributed by atoms with Crippen molar-refractivity contribution in [1.29, 1.82) is 0 Å². The fourth-order valence-electron chi connectivity index (χ4n) is 3.93. The average Bonchev–Trinajstić information content (AvgIpc) is 3.04. The van der Waals surface area contributed by atoms with Crippen LogP contribution in [0.2, 0.25) is 0 Å². The number of hydrogen-bond acceptors (Lipinski definition) is 6. The number of nitrogens with zero attached hydrogens (tertiary/aromatic N) is 3. The lowest BCUT2D eigenvalue weighted by Gasteiger charge is -2.24. The van der Waals surface area contributed by atoms with E-state index < -0.39 is 5.60 Å². The Bertz CT molecular complexity index is 932. The molecule has 3 heterocycles. The number of benzene rings is 1. The van der Waals surface area contributed by atoms with Crippen LogP contribution in [0.15, 0.2) is 54.9 Å². The number of para-hydroxylation sites is 1. The number of thiazole rings is 1. The van der Waals surface area contributed by atoms with E-state index in [-0.39, 0.29) is 0 Å². The molecule has 2 aromatic heterocycles. The van der Waals surface area contributed by atoms with E-state index in [0.29, 0.717) is 13.0 Å². The molecule has 0 saturated carbocycles. The number of likely N-dealkylation sites (tertiary alicyclic amines) is 1. The molecule has 0 unspecified atom stereocenters. The van der Waals surface area contributed by atoms with Gasteiger partial charge in [-0.05, 0) is 62.6 Å². The number of rotatable bonds is 7. The van der Waals surface area contributed by atoms with Crippen LogP contribution in [0.1, 0.15) is 40.4 Å². The van der Waals surface area contributed by atoms with E-state index in [0.717, 1.165) is 55.3 Å². The number of hydrogen-bond donors (Lipinski definition) is 1. The first kappa shape index (κ1) is 21.0. The topological polar surface area (TPSA) is 58.5 Å². The first-order valence-corrected chi connectivity index (χ1v) is 11.4. The van der Waals surface area contributed by atoms with Gasteiger partial charge in [-0.2, -0.15) is 0 Å². The first-order valence-electron chi connectivity index (χ1n) is 10.6. The lowest BCUT2D eigenvalue weighted by atomic mass is 9.96. The van der Waals surface area contributed by atoms with E-state index in [1.165, 1.54) is 10.4 Å². The van der Waals surface area contributed by atoms with Gasteiger partial charge < -0.3 is 9.84 Å².